The summed E-state index contributed by atoms with van der Waals surface area (Å²) in [5.41, 5.74) is 0.832. The summed E-state index contributed by atoms with van der Waals surface area (Å²) in [5.74, 6) is 0.174. The Hall–Kier alpha value is -1.40. The average Bonchev–Trinajstić information content (AvgIpc) is 3.18. The lowest BCUT2D eigenvalue weighted by Crippen LogP contribution is -2.42. The van der Waals surface area contributed by atoms with Gasteiger partial charge >= 0.3 is 0 Å². The number of ether oxygens (including phenoxy) is 2. The van der Waals surface area contributed by atoms with E-state index in [1.807, 2.05) is 24.3 Å². The lowest BCUT2D eigenvalue weighted by atomic mass is 9.96. The van der Waals surface area contributed by atoms with Crippen LogP contribution >= 0.6 is 0 Å². The first kappa shape index (κ1) is 14.5. The van der Waals surface area contributed by atoms with Crippen molar-refractivity contribution in [1.82, 2.24) is 14.7 Å². The fraction of sp³-hybridized carbons (Fsp3) is 0.733. The van der Waals surface area contributed by atoms with Gasteiger partial charge in [-0.2, -0.15) is 5.10 Å². The summed E-state index contributed by atoms with van der Waals surface area (Å²) in [7, 11) is 3.59. The summed E-state index contributed by atoms with van der Waals surface area (Å²) in [5, 5.41) is 4.13. The van der Waals surface area contributed by atoms with Crippen LogP contribution < -0.4 is 0 Å². The minimum Gasteiger partial charge on any atom is -0.377 e. The van der Waals surface area contributed by atoms with Gasteiger partial charge in [-0.05, 0) is 24.8 Å². The van der Waals surface area contributed by atoms with Crippen LogP contribution in [0, 0.1) is 0 Å². The second kappa shape index (κ2) is 5.77. The predicted molar refractivity (Wildman–Crippen MR) is 76.8 cm³/mol. The van der Waals surface area contributed by atoms with E-state index in [4.69, 9.17) is 9.47 Å². The molecule has 1 aromatic rings. The SMILES string of the molecule is CO[C@H]1CN(C(=O)CCc2cnn(C)c2)C[C@@]12CCCO2. The summed E-state index contributed by atoms with van der Waals surface area (Å²) < 4.78 is 13.2. The number of aryl methyl sites for hydroxylation is 2. The molecular weight excluding hydrogens is 270 g/mol. The zero-order valence-electron chi connectivity index (χ0n) is 12.7. The lowest BCUT2D eigenvalue weighted by Gasteiger charge is -2.27. The molecule has 0 aliphatic carbocycles. The summed E-state index contributed by atoms with van der Waals surface area (Å²) in [6.45, 7) is 2.08. The van der Waals surface area contributed by atoms with Crippen molar-refractivity contribution in [2.24, 2.45) is 7.05 Å². The number of methoxy groups -OCH3 is 1. The van der Waals surface area contributed by atoms with Gasteiger partial charge in [-0.1, -0.05) is 0 Å². The molecule has 2 aliphatic heterocycles. The molecule has 0 unspecified atom stereocenters. The van der Waals surface area contributed by atoms with Gasteiger partial charge in [-0.25, -0.2) is 0 Å². The third-order valence-corrected chi connectivity index (χ3v) is 4.59. The maximum Gasteiger partial charge on any atom is 0.223 e. The highest BCUT2D eigenvalue weighted by Gasteiger charge is 2.51. The van der Waals surface area contributed by atoms with Crippen LogP contribution in [-0.2, 0) is 27.7 Å². The van der Waals surface area contributed by atoms with Crippen LogP contribution in [0.2, 0.25) is 0 Å². The zero-order chi connectivity index (χ0) is 14.9. The van der Waals surface area contributed by atoms with Crippen LogP contribution in [0.25, 0.3) is 0 Å². The molecule has 1 amide bonds. The molecule has 1 aromatic heterocycles. The van der Waals surface area contributed by atoms with Crippen LogP contribution in [0.4, 0.5) is 0 Å². The van der Waals surface area contributed by atoms with E-state index in [0.29, 0.717) is 19.5 Å². The number of carbonyl (C=O) groups excluding carboxylic acids is 1. The molecule has 3 rings (SSSR count). The van der Waals surface area contributed by atoms with Gasteiger partial charge in [-0.3, -0.25) is 9.48 Å². The molecule has 1 spiro atoms. The molecule has 2 atom stereocenters. The standard InChI is InChI=1S/C15H23N3O3/c1-17-9-12(8-16-17)4-5-14(19)18-10-13(20-2)15(11-18)6-3-7-21-15/h8-9,13H,3-7,10-11H2,1-2H3/t13-,15-/m0/s1. The molecule has 2 saturated heterocycles. The molecule has 0 radical (unpaired) electrons. The van der Waals surface area contributed by atoms with Gasteiger partial charge in [0.25, 0.3) is 0 Å². The number of hydrogen-bond donors (Lipinski definition) is 0. The number of hydrogen-bond acceptors (Lipinski definition) is 4. The maximum absolute atomic E-state index is 12.4. The number of amides is 1. The summed E-state index contributed by atoms with van der Waals surface area (Å²) in [6.07, 6.45) is 7.05. The van der Waals surface area contributed by atoms with Crippen molar-refractivity contribution < 1.29 is 14.3 Å². The van der Waals surface area contributed by atoms with E-state index < -0.39 is 0 Å². The quantitative estimate of drug-likeness (QED) is 0.822. The second-order valence-electron chi connectivity index (χ2n) is 6.04. The molecule has 2 fully saturated rings. The second-order valence-corrected chi connectivity index (χ2v) is 6.04. The largest absolute Gasteiger partial charge is 0.377 e. The highest BCUT2D eigenvalue weighted by molar-refractivity contribution is 5.77. The number of likely N-dealkylation sites (tertiary alicyclic amines) is 1. The van der Waals surface area contributed by atoms with Gasteiger partial charge in [0, 0.05) is 39.9 Å². The van der Waals surface area contributed by atoms with E-state index in [-0.39, 0.29) is 17.6 Å². The van der Waals surface area contributed by atoms with Gasteiger partial charge in [0.2, 0.25) is 5.91 Å². The first-order chi connectivity index (χ1) is 10.1. The number of aromatic nitrogens is 2. The van der Waals surface area contributed by atoms with Crippen molar-refractivity contribution in [3.63, 3.8) is 0 Å². The van der Waals surface area contributed by atoms with Crippen LogP contribution in [0.5, 0.6) is 0 Å². The molecule has 2 aliphatic rings. The van der Waals surface area contributed by atoms with Gasteiger partial charge in [0.1, 0.15) is 11.7 Å². The monoisotopic (exact) mass is 293 g/mol. The molecule has 21 heavy (non-hydrogen) atoms. The molecule has 3 heterocycles. The Balaban J connectivity index is 1.58. The van der Waals surface area contributed by atoms with E-state index in [1.54, 1.807) is 11.8 Å². The van der Waals surface area contributed by atoms with Gasteiger partial charge in [0.05, 0.1) is 12.7 Å². The van der Waals surface area contributed by atoms with Crippen molar-refractivity contribution in [3.8, 4) is 0 Å². The fourth-order valence-electron chi connectivity index (χ4n) is 3.44. The van der Waals surface area contributed by atoms with E-state index in [0.717, 1.165) is 31.4 Å². The maximum atomic E-state index is 12.4. The van der Waals surface area contributed by atoms with Crippen LogP contribution in [-0.4, -0.2) is 59.1 Å². The Morgan fingerprint density at radius 1 is 1.62 bits per heavy atom. The minimum atomic E-state index is -0.265. The topological polar surface area (TPSA) is 56.6 Å². The summed E-state index contributed by atoms with van der Waals surface area (Å²) in [4.78, 5) is 14.3. The van der Waals surface area contributed by atoms with Crippen LogP contribution in [0.15, 0.2) is 12.4 Å². The van der Waals surface area contributed by atoms with Gasteiger partial charge < -0.3 is 14.4 Å². The Morgan fingerprint density at radius 2 is 2.48 bits per heavy atom. The van der Waals surface area contributed by atoms with E-state index in [9.17, 15) is 4.79 Å². The number of nitrogens with zero attached hydrogens (tertiary/aromatic N) is 3. The van der Waals surface area contributed by atoms with E-state index >= 15 is 0 Å². The van der Waals surface area contributed by atoms with Crippen LogP contribution in [0.3, 0.4) is 0 Å². The Morgan fingerprint density at radius 3 is 3.10 bits per heavy atom. The smallest absolute Gasteiger partial charge is 0.223 e. The molecule has 0 saturated carbocycles. The Bertz CT molecular complexity index is 508. The molecule has 6 nitrogen and oxygen atoms in total. The van der Waals surface area contributed by atoms with E-state index in [2.05, 4.69) is 5.10 Å². The van der Waals surface area contributed by atoms with Gasteiger partial charge in [0.15, 0.2) is 0 Å². The molecule has 116 valence electrons. The summed E-state index contributed by atoms with van der Waals surface area (Å²) in [6, 6.07) is 0. The van der Waals surface area contributed by atoms with Gasteiger partial charge in [-0.15, -0.1) is 0 Å². The highest BCUT2D eigenvalue weighted by Crippen LogP contribution is 2.36. The van der Waals surface area contributed by atoms with Crippen molar-refractivity contribution >= 4 is 5.91 Å². The predicted octanol–water partition coefficient (Wildman–Crippen LogP) is 0.759. The minimum absolute atomic E-state index is 0.00217. The molecule has 6 heteroatoms. The summed E-state index contributed by atoms with van der Waals surface area (Å²) >= 11 is 0. The first-order valence-electron chi connectivity index (χ1n) is 7.55. The van der Waals surface area contributed by atoms with Crippen molar-refractivity contribution in [3.05, 3.63) is 18.0 Å². The molecular formula is C15H23N3O3. The Kier molecular flexibility index (Phi) is 3.99. The fourth-order valence-corrected chi connectivity index (χ4v) is 3.44. The van der Waals surface area contributed by atoms with Crippen molar-refractivity contribution in [1.29, 1.82) is 0 Å². The van der Waals surface area contributed by atoms with Crippen molar-refractivity contribution in [2.75, 3.05) is 26.8 Å². The molecule has 0 bridgehead atoms. The third kappa shape index (κ3) is 2.82. The lowest BCUT2D eigenvalue weighted by molar-refractivity contribution is -0.131. The Labute approximate surface area is 125 Å². The van der Waals surface area contributed by atoms with Crippen molar-refractivity contribution in [2.45, 2.75) is 37.4 Å². The zero-order valence-corrected chi connectivity index (χ0v) is 12.7. The molecule has 0 aromatic carbocycles. The van der Waals surface area contributed by atoms with Crippen LogP contribution in [0.1, 0.15) is 24.8 Å². The normalized spacial score (nSPS) is 28.7. The molecule has 0 N–H and O–H groups in total. The first-order valence-corrected chi connectivity index (χ1v) is 7.55. The third-order valence-electron chi connectivity index (χ3n) is 4.59. The average molecular weight is 293 g/mol. The number of carbonyl (C=O) groups is 1. The number of rotatable bonds is 4. The highest BCUT2D eigenvalue weighted by atomic mass is 16.6. The van der Waals surface area contributed by atoms with E-state index in [1.165, 1.54) is 0 Å².